The monoisotopic (exact) mass is 1300 g/mol. The Morgan fingerprint density at radius 2 is 0.363 bits per heavy atom. The van der Waals surface area contributed by atoms with Gasteiger partial charge in [0, 0.05) is 87.3 Å². The third-order valence-electron chi connectivity index (χ3n) is 19.1. The zero-order valence-corrected chi connectivity index (χ0v) is 55.6. The van der Waals surface area contributed by atoms with E-state index >= 15 is 0 Å². The highest BCUT2D eigenvalue weighted by Crippen LogP contribution is 2.48. The van der Waals surface area contributed by atoms with Crippen molar-refractivity contribution < 1.29 is 0 Å². The van der Waals surface area contributed by atoms with Crippen molar-refractivity contribution in [3.8, 4) is 179 Å². The van der Waals surface area contributed by atoms with E-state index in [9.17, 15) is 0 Å². The first-order chi connectivity index (χ1) is 50.6. The molecule has 17 rings (SSSR count). The van der Waals surface area contributed by atoms with Gasteiger partial charge < -0.3 is 0 Å². The molecule has 0 saturated heterocycles. The minimum Gasteiger partial charge on any atom is -0.256 e. The fourth-order valence-corrected chi connectivity index (χ4v) is 14.0. The Morgan fingerprint density at radius 3 is 0.627 bits per heavy atom. The lowest BCUT2D eigenvalue weighted by Gasteiger charge is -2.21. The second-order valence-corrected chi connectivity index (χ2v) is 25.4. The Balaban J connectivity index is 0.890. The van der Waals surface area contributed by atoms with Gasteiger partial charge in [0.15, 0.2) is 5.82 Å². The molecule has 102 heavy (non-hydrogen) atoms. The molecule has 0 unspecified atom stereocenters. The summed E-state index contributed by atoms with van der Waals surface area (Å²) in [6.45, 7) is 0. The minimum absolute atomic E-state index is 0.659. The first kappa shape index (κ1) is 61.9. The van der Waals surface area contributed by atoms with E-state index in [1.54, 1.807) is 12.4 Å². The molecule has 5 aromatic heterocycles. The van der Waals surface area contributed by atoms with Gasteiger partial charge in [-0.2, -0.15) is 0 Å². The highest BCUT2D eigenvalue weighted by atomic mass is 14.8. The smallest absolute Gasteiger partial charge is 0.159 e. The molecule has 0 N–H and O–H groups in total. The van der Waals surface area contributed by atoms with E-state index in [-0.39, 0.29) is 0 Å². The van der Waals surface area contributed by atoms with Crippen molar-refractivity contribution in [3.63, 3.8) is 0 Å². The average Bonchev–Trinajstić information content (AvgIpc) is 0.756. The molecule has 478 valence electrons. The predicted molar refractivity (Wildman–Crippen MR) is 420 cm³/mol. The van der Waals surface area contributed by atoms with Gasteiger partial charge >= 0.3 is 0 Å². The van der Waals surface area contributed by atoms with Crippen LogP contribution in [0, 0.1) is 0 Å². The zero-order valence-electron chi connectivity index (χ0n) is 55.6. The van der Waals surface area contributed by atoms with Gasteiger partial charge in [-0.1, -0.05) is 285 Å². The van der Waals surface area contributed by atoms with Gasteiger partial charge in [-0.15, -0.1) is 0 Å². The van der Waals surface area contributed by atoms with Crippen LogP contribution >= 0.6 is 0 Å². The van der Waals surface area contributed by atoms with Crippen molar-refractivity contribution in [2.24, 2.45) is 0 Å². The summed E-state index contributed by atoms with van der Waals surface area (Å²) in [5.74, 6) is 0.659. The maximum Gasteiger partial charge on any atom is 0.159 e. The summed E-state index contributed by atoms with van der Waals surface area (Å²) in [6.07, 6.45) is 11.6. The standard InChI is InChI=1S/C96H64N6/c1-5-23-65(24-6-1)91-49-45-71(61-99-91)81-31-13-17-35-85(81)75-55-76(86-36-18-14-32-82(86)72-46-50-92(100-62-72)66-25-7-2-8-26-66)58-79(57-75)89-39-21-40-90(95(89)69-41-43-70(44-42-69)96-97-53-22-54-98-96)80-59-77(87-37-19-15-33-83(87)73-47-51-93(101-63-73)67-27-9-3-10-28-67)56-78(60-80)88-38-20-16-34-84(88)74-48-52-94(102-64-74)68-29-11-4-12-30-68/h1-64H. The number of rotatable bonds is 16. The lowest BCUT2D eigenvalue weighted by molar-refractivity contribution is 1.18. The van der Waals surface area contributed by atoms with Crippen LogP contribution in [0.5, 0.6) is 0 Å². The van der Waals surface area contributed by atoms with Crippen molar-refractivity contribution in [2.45, 2.75) is 0 Å². The van der Waals surface area contributed by atoms with E-state index in [2.05, 4.69) is 322 Å². The number of aromatic nitrogens is 6. The van der Waals surface area contributed by atoms with Gasteiger partial charge in [0.25, 0.3) is 0 Å². The van der Waals surface area contributed by atoms with Crippen molar-refractivity contribution in [1.29, 1.82) is 0 Å². The number of nitrogens with zero attached hydrogens (tertiary/aromatic N) is 6. The topological polar surface area (TPSA) is 77.3 Å². The third kappa shape index (κ3) is 12.7. The minimum atomic E-state index is 0.659. The van der Waals surface area contributed by atoms with Gasteiger partial charge in [0.2, 0.25) is 0 Å². The van der Waals surface area contributed by atoms with Crippen LogP contribution in [0.3, 0.4) is 0 Å². The molecule has 6 heteroatoms. The van der Waals surface area contributed by atoms with Crippen LogP contribution in [0.2, 0.25) is 0 Å². The SMILES string of the molecule is c1ccc(-c2ccc(-c3ccccc3-c3cc(-c4ccccc4-c4ccc(-c5ccccc5)nc4)cc(-c4cccc(-c5cc(-c6ccccc6-c6ccc(-c7ccccc7)nc6)cc(-c6ccccc6-c6ccc(-c7ccccc7)nc6)c5)c4-c4ccc(-c5ncccn5)cc4)c3)cn2)cc1. The maximum atomic E-state index is 5.07. The van der Waals surface area contributed by atoms with E-state index in [1.165, 1.54) is 0 Å². The molecule has 0 atom stereocenters. The molecule has 0 saturated carbocycles. The normalized spacial score (nSPS) is 11.1. The molecule has 0 radical (unpaired) electrons. The summed E-state index contributed by atoms with van der Waals surface area (Å²) in [5.41, 5.74) is 32.1. The molecule has 5 heterocycles. The second kappa shape index (κ2) is 28.0. The number of benzene rings is 12. The second-order valence-electron chi connectivity index (χ2n) is 25.4. The molecule has 0 fully saturated rings. The van der Waals surface area contributed by atoms with Crippen molar-refractivity contribution in [2.75, 3.05) is 0 Å². The fourth-order valence-electron chi connectivity index (χ4n) is 14.0. The van der Waals surface area contributed by atoms with E-state index in [4.69, 9.17) is 29.9 Å². The Bertz CT molecular complexity index is 5190. The highest BCUT2D eigenvalue weighted by molar-refractivity contribution is 6.01. The highest BCUT2D eigenvalue weighted by Gasteiger charge is 2.23. The Kier molecular flexibility index (Phi) is 17.0. The third-order valence-corrected chi connectivity index (χ3v) is 19.1. The van der Waals surface area contributed by atoms with Gasteiger partial charge in [-0.25, -0.2) is 9.97 Å². The molecule has 0 aliphatic rings. The maximum absolute atomic E-state index is 5.07. The molecular weight excluding hydrogens is 1240 g/mol. The molecule has 12 aromatic carbocycles. The first-order valence-corrected chi connectivity index (χ1v) is 34.3. The van der Waals surface area contributed by atoms with Crippen LogP contribution < -0.4 is 0 Å². The van der Waals surface area contributed by atoms with Crippen LogP contribution in [0.25, 0.3) is 179 Å². The van der Waals surface area contributed by atoms with Crippen LogP contribution in [0.4, 0.5) is 0 Å². The molecule has 0 aliphatic heterocycles. The van der Waals surface area contributed by atoms with E-state index in [0.29, 0.717) is 5.82 Å². The predicted octanol–water partition coefficient (Wildman–Crippen LogP) is 24.7. The van der Waals surface area contributed by atoms with Gasteiger partial charge in [0.05, 0.1) is 22.8 Å². The molecule has 0 amide bonds. The summed E-state index contributed by atoms with van der Waals surface area (Å²) in [4.78, 5) is 29.7. The molecule has 0 bridgehead atoms. The van der Waals surface area contributed by atoms with Gasteiger partial charge in [0.1, 0.15) is 0 Å². The van der Waals surface area contributed by atoms with Crippen molar-refractivity contribution in [1.82, 2.24) is 29.9 Å². The average molecular weight is 1300 g/mol. The number of hydrogen-bond donors (Lipinski definition) is 0. The van der Waals surface area contributed by atoms with Crippen molar-refractivity contribution >= 4 is 0 Å². The van der Waals surface area contributed by atoms with Crippen LogP contribution in [0.1, 0.15) is 0 Å². The molecule has 17 aromatic rings. The summed E-state index contributed by atoms with van der Waals surface area (Å²) in [6, 6.07) is 125. The number of hydrogen-bond acceptors (Lipinski definition) is 6. The molecule has 0 spiro atoms. The van der Waals surface area contributed by atoms with Gasteiger partial charge in [-0.05, 0) is 167 Å². The summed E-state index contributed by atoms with van der Waals surface area (Å²) in [7, 11) is 0. The van der Waals surface area contributed by atoms with Crippen molar-refractivity contribution in [3.05, 3.63) is 389 Å². The summed E-state index contributed by atoms with van der Waals surface area (Å²) in [5, 5.41) is 0. The molecular formula is C96H64N6. The van der Waals surface area contributed by atoms with E-state index in [1.807, 2.05) is 55.1 Å². The Labute approximate surface area is 594 Å². The van der Waals surface area contributed by atoms with Crippen LogP contribution in [-0.2, 0) is 0 Å². The Morgan fingerprint density at radius 1 is 0.137 bits per heavy atom. The number of pyridine rings is 4. The lowest BCUT2D eigenvalue weighted by atomic mass is 9.82. The summed E-state index contributed by atoms with van der Waals surface area (Å²) < 4.78 is 0. The van der Waals surface area contributed by atoms with Crippen LogP contribution in [-0.4, -0.2) is 29.9 Å². The molecule has 6 nitrogen and oxygen atoms in total. The van der Waals surface area contributed by atoms with E-state index < -0.39 is 0 Å². The fraction of sp³-hybridized carbons (Fsp3) is 0. The lowest BCUT2D eigenvalue weighted by Crippen LogP contribution is -1.96. The first-order valence-electron chi connectivity index (χ1n) is 34.3. The quantitative estimate of drug-likeness (QED) is 0.0959. The zero-order chi connectivity index (χ0) is 68.0. The van der Waals surface area contributed by atoms with Crippen LogP contribution in [0.15, 0.2) is 389 Å². The Hall–Kier alpha value is -13.7. The van der Waals surface area contributed by atoms with E-state index in [0.717, 1.165) is 173 Å². The largest absolute Gasteiger partial charge is 0.256 e. The molecule has 0 aliphatic carbocycles. The summed E-state index contributed by atoms with van der Waals surface area (Å²) >= 11 is 0. The van der Waals surface area contributed by atoms with Gasteiger partial charge in [-0.3, -0.25) is 19.9 Å².